The van der Waals surface area contributed by atoms with Gasteiger partial charge in [-0.05, 0) is 5.41 Å². The van der Waals surface area contributed by atoms with E-state index in [1.807, 2.05) is 0 Å². The smallest absolute Gasteiger partial charge is 0.00170 e. The second kappa shape index (κ2) is 5.61. The Morgan fingerprint density at radius 3 is 1.38 bits per heavy atom. The van der Waals surface area contributed by atoms with E-state index in [0.717, 1.165) is 13.1 Å². The van der Waals surface area contributed by atoms with Crippen LogP contribution < -0.4 is 10.6 Å². The third-order valence-electron chi connectivity index (χ3n) is 1.98. The largest absolute Gasteiger partial charge is 0.314 e. The maximum absolute atomic E-state index is 3.47. The lowest BCUT2D eigenvalue weighted by atomic mass is 9.93. The maximum atomic E-state index is 3.47. The zero-order chi connectivity index (χ0) is 10.5. The van der Waals surface area contributed by atoms with Gasteiger partial charge < -0.3 is 10.6 Å². The molecule has 0 aliphatic heterocycles. The van der Waals surface area contributed by atoms with Crippen molar-refractivity contribution in [3.05, 3.63) is 0 Å². The molecule has 80 valence electrons. The summed E-state index contributed by atoms with van der Waals surface area (Å²) in [5, 5.41) is 6.94. The number of hydrogen-bond acceptors (Lipinski definition) is 2. The highest BCUT2D eigenvalue weighted by Gasteiger charge is 2.17. The highest BCUT2D eigenvalue weighted by molar-refractivity contribution is 4.76. The van der Waals surface area contributed by atoms with Crippen LogP contribution in [-0.4, -0.2) is 25.2 Å². The molecule has 0 unspecified atom stereocenters. The van der Waals surface area contributed by atoms with Gasteiger partial charge in [0.25, 0.3) is 0 Å². The average Bonchev–Trinajstić information content (AvgIpc) is 1.98. The minimum atomic E-state index is 0.342. The third-order valence-corrected chi connectivity index (χ3v) is 1.98. The summed E-state index contributed by atoms with van der Waals surface area (Å²) < 4.78 is 0. The summed E-state index contributed by atoms with van der Waals surface area (Å²) in [5.41, 5.74) is 0.342. The molecule has 0 atom stereocenters. The van der Waals surface area contributed by atoms with Crippen molar-refractivity contribution in [1.29, 1.82) is 0 Å². The Morgan fingerprint density at radius 2 is 1.15 bits per heavy atom. The maximum Gasteiger partial charge on any atom is 0.00170 e. The molecule has 2 nitrogen and oxygen atoms in total. The molecule has 0 radical (unpaired) electrons. The second-order valence-corrected chi connectivity index (χ2v) is 5.24. The van der Waals surface area contributed by atoms with Crippen molar-refractivity contribution in [2.45, 2.75) is 53.6 Å². The summed E-state index contributed by atoms with van der Waals surface area (Å²) in [6.07, 6.45) is 0. The van der Waals surface area contributed by atoms with E-state index in [9.17, 15) is 0 Å². The lowest BCUT2D eigenvalue weighted by molar-refractivity contribution is 0.301. The quantitative estimate of drug-likeness (QED) is 0.663. The van der Waals surface area contributed by atoms with E-state index in [0.29, 0.717) is 17.5 Å². The molecule has 0 saturated heterocycles. The van der Waals surface area contributed by atoms with Gasteiger partial charge in [0.15, 0.2) is 0 Å². The molecule has 0 fully saturated rings. The molecule has 0 aromatic carbocycles. The minimum Gasteiger partial charge on any atom is -0.314 e. The Balaban J connectivity index is 3.66. The Kier molecular flexibility index (Phi) is 5.57. The van der Waals surface area contributed by atoms with Gasteiger partial charge in [0, 0.05) is 25.2 Å². The van der Waals surface area contributed by atoms with Gasteiger partial charge >= 0.3 is 0 Å². The van der Waals surface area contributed by atoms with Crippen LogP contribution >= 0.6 is 0 Å². The van der Waals surface area contributed by atoms with Crippen molar-refractivity contribution in [2.24, 2.45) is 5.41 Å². The molecule has 2 heteroatoms. The fourth-order valence-corrected chi connectivity index (χ4v) is 1.02. The van der Waals surface area contributed by atoms with E-state index in [1.165, 1.54) is 0 Å². The summed E-state index contributed by atoms with van der Waals surface area (Å²) in [7, 11) is 0. The first-order valence-electron chi connectivity index (χ1n) is 5.30. The van der Waals surface area contributed by atoms with Crippen molar-refractivity contribution in [3.63, 3.8) is 0 Å². The van der Waals surface area contributed by atoms with Crippen molar-refractivity contribution in [2.75, 3.05) is 13.1 Å². The molecule has 0 aromatic rings. The second-order valence-electron chi connectivity index (χ2n) is 5.24. The number of nitrogens with one attached hydrogen (secondary N) is 2. The van der Waals surface area contributed by atoms with Crippen LogP contribution in [0.4, 0.5) is 0 Å². The van der Waals surface area contributed by atoms with E-state index in [1.54, 1.807) is 0 Å². The fourth-order valence-electron chi connectivity index (χ4n) is 1.02. The van der Waals surface area contributed by atoms with Gasteiger partial charge in [-0.3, -0.25) is 0 Å². The predicted octanol–water partition coefficient (Wildman–Crippen LogP) is 2.01. The highest BCUT2D eigenvalue weighted by Crippen LogP contribution is 2.12. The Morgan fingerprint density at radius 1 is 0.846 bits per heavy atom. The van der Waals surface area contributed by atoms with Gasteiger partial charge in [-0.1, -0.05) is 41.5 Å². The SMILES string of the molecule is CC(C)NCC(C)(C)CNC(C)C. The molecular formula is C11H26N2. The molecule has 0 amide bonds. The van der Waals surface area contributed by atoms with E-state index in [-0.39, 0.29) is 0 Å². The van der Waals surface area contributed by atoms with Crippen LogP contribution in [0.25, 0.3) is 0 Å². The summed E-state index contributed by atoms with van der Waals surface area (Å²) >= 11 is 0. The predicted molar refractivity (Wildman–Crippen MR) is 60.1 cm³/mol. The monoisotopic (exact) mass is 186 g/mol. The van der Waals surface area contributed by atoms with Crippen LogP contribution in [0.15, 0.2) is 0 Å². The standard InChI is InChI=1S/C11H26N2/c1-9(2)12-7-11(5,6)8-13-10(3)4/h9-10,12-13H,7-8H2,1-6H3. The van der Waals surface area contributed by atoms with Crippen LogP contribution in [0.1, 0.15) is 41.5 Å². The molecule has 0 aliphatic rings. The van der Waals surface area contributed by atoms with Gasteiger partial charge in [0.05, 0.1) is 0 Å². The number of rotatable bonds is 6. The highest BCUT2D eigenvalue weighted by atomic mass is 14.9. The van der Waals surface area contributed by atoms with Crippen molar-refractivity contribution in [1.82, 2.24) is 10.6 Å². The first kappa shape index (κ1) is 12.9. The Bertz CT molecular complexity index is 114. The zero-order valence-electron chi connectivity index (χ0n) is 10.1. The van der Waals surface area contributed by atoms with Crippen LogP contribution in [0, 0.1) is 5.41 Å². The average molecular weight is 186 g/mol. The van der Waals surface area contributed by atoms with E-state index >= 15 is 0 Å². The van der Waals surface area contributed by atoms with Gasteiger partial charge in [-0.2, -0.15) is 0 Å². The molecule has 0 aliphatic carbocycles. The Labute approximate surface area is 83.5 Å². The van der Waals surface area contributed by atoms with Gasteiger partial charge in [0.1, 0.15) is 0 Å². The molecule has 13 heavy (non-hydrogen) atoms. The van der Waals surface area contributed by atoms with Gasteiger partial charge in [0.2, 0.25) is 0 Å². The summed E-state index contributed by atoms with van der Waals surface area (Å²) in [4.78, 5) is 0. The Hall–Kier alpha value is -0.0800. The number of hydrogen-bond donors (Lipinski definition) is 2. The van der Waals surface area contributed by atoms with Crippen LogP contribution in [-0.2, 0) is 0 Å². The lowest BCUT2D eigenvalue weighted by Crippen LogP contribution is -2.42. The van der Waals surface area contributed by atoms with Gasteiger partial charge in [-0.15, -0.1) is 0 Å². The van der Waals surface area contributed by atoms with Gasteiger partial charge in [-0.25, -0.2) is 0 Å². The van der Waals surface area contributed by atoms with Crippen molar-refractivity contribution < 1.29 is 0 Å². The molecule has 0 saturated carbocycles. The molecule has 0 rings (SSSR count). The van der Waals surface area contributed by atoms with E-state index < -0.39 is 0 Å². The third kappa shape index (κ3) is 8.26. The van der Waals surface area contributed by atoms with Crippen LogP contribution in [0.2, 0.25) is 0 Å². The molecule has 0 aromatic heterocycles. The summed E-state index contributed by atoms with van der Waals surface area (Å²) in [5.74, 6) is 0. The lowest BCUT2D eigenvalue weighted by Gasteiger charge is -2.27. The zero-order valence-corrected chi connectivity index (χ0v) is 10.1. The molecular weight excluding hydrogens is 160 g/mol. The first-order valence-corrected chi connectivity index (χ1v) is 5.30. The fraction of sp³-hybridized carbons (Fsp3) is 1.00. The first-order chi connectivity index (χ1) is 5.83. The van der Waals surface area contributed by atoms with Crippen molar-refractivity contribution >= 4 is 0 Å². The topological polar surface area (TPSA) is 24.1 Å². The molecule has 2 N–H and O–H groups in total. The normalized spacial score (nSPS) is 12.9. The van der Waals surface area contributed by atoms with E-state index in [4.69, 9.17) is 0 Å². The summed E-state index contributed by atoms with van der Waals surface area (Å²) in [6, 6.07) is 1.16. The van der Waals surface area contributed by atoms with Crippen molar-refractivity contribution in [3.8, 4) is 0 Å². The van der Waals surface area contributed by atoms with Crippen LogP contribution in [0.5, 0.6) is 0 Å². The molecule has 0 bridgehead atoms. The molecule has 0 heterocycles. The minimum absolute atomic E-state index is 0.342. The van der Waals surface area contributed by atoms with E-state index in [2.05, 4.69) is 52.2 Å². The van der Waals surface area contributed by atoms with Crippen LogP contribution in [0.3, 0.4) is 0 Å². The molecule has 0 spiro atoms. The summed E-state index contributed by atoms with van der Waals surface area (Å²) in [6.45, 7) is 15.5.